The Bertz CT molecular complexity index is 1390. The highest BCUT2D eigenvalue weighted by Gasteiger charge is 2.48. The van der Waals surface area contributed by atoms with E-state index in [4.69, 9.17) is 14.2 Å². The summed E-state index contributed by atoms with van der Waals surface area (Å²) < 4.78 is 15.6. The van der Waals surface area contributed by atoms with E-state index in [9.17, 15) is 19.5 Å². The fourth-order valence-corrected chi connectivity index (χ4v) is 5.01. The van der Waals surface area contributed by atoms with E-state index in [0.29, 0.717) is 28.3 Å². The molecule has 36 heavy (non-hydrogen) atoms. The van der Waals surface area contributed by atoms with Crippen molar-refractivity contribution in [1.29, 1.82) is 0 Å². The molecule has 1 aliphatic heterocycles. The van der Waals surface area contributed by atoms with Crippen molar-refractivity contribution < 1.29 is 33.7 Å². The number of carbonyl (C=O) groups is 3. The molecule has 1 aromatic heterocycles. The molecule has 0 unspecified atom stereocenters. The molecule has 0 aliphatic carbocycles. The summed E-state index contributed by atoms with van der Waals surface area (Å²) >= 11 is 0.930. The molecule has 0 bridgehead atoms. The number of ether oxygens (including phenoxy) is 3. The van der Waals surface area contributed by atoms with E-state index in [-0.39, 0.29) is 21.3 Å². The van der Waals surface area contributed by atoms with Crippen LogP contribution in [-0.2, 0) is 14.3 Å². The van der Waals surface area contributed by atoms with Crippen LogP contribution in [0.2, 0.25) is 0 Å². The van der Waals surface area contributed by atoms with Crippen LogP contribution >= 0.6 is 11.3 Å². The fourth-order valence-electron chi connectivity index (χ4n) is 4.00. The highest BCUT2D eigenvalue weighted by Crippen LogP contribution is 2.45. The number of aliphatic hydroxyl groups is 1. The van der Waals surface area contributed by atoms with Crippen molar-refractivity contribution in [2.24, 2.45) is 0 Å². The number of aliphatic hydroxyl groups excluding tert-OH is 1. The van der Waals surface area contributed by atoms with Crippen molar-refractivity contribution >= 4 is 39.9 Å². The van der Waals surface area contributed by atoms with Crippen LogP contribution in [-0.4, -0.2) is 49.1 Å². The third kappa shape index (κ3) is 4.20. The molecule has 4 rings (SSSR count). The molecular weight excluding hydrogens is 484 g/mol. The molecule has 0 spiro atoms. The molecule has 0 radical (unpaired) electrons. The molecule has 1 aliphatic rings. The molecule has 9 nitrogen and oxygen atoms in total. The number of rotatable bonds is 6. The van der Waals surface area contributed by atoms with Gasteiger partial charge in [0.2, 0.25) is 0 Å². The lowest BCUT2D eigenvalue weighted by Gasteiger charge is -2.23. The number of anilines is 1. The number of thiazole rings is 1. The Morgan fingerprint density at radius 2 is 1.67 bits per heavy atom. The molecule has 3 aromatic rings. The Hall–Kier alpha value is -4.18. The van der Waals surface area contributed by atoms with Crippen LogP contribution in [0.5, 0.6) is 11.5 Å². The zero-order valence-electron chi connectivity index (χ0n) is 20.3. The number of Topliss-reactive ketones (excluding diaryl/α,β-unsaturated/α-hetero) is 1. The number of methoxy groups -OCH3 is 3. The first-order chi connectivity index (χ1) is 17.2. The summed E-state index contributed by atoms with van der Waals surface area (Å²) in [5, 5.41) is 11.4. The van der Waals surface area contributed by atoms with Gasteiger partial charge in [-0.15, -0.1) is 0 Å². The van der Waals surface area contributed by atoms with Crippen LogP contribution in [0.1, 0.15) is 38.1 Å². The number of amides is 1. The van der Waals surface area contributed by atoms with Gasteiger partial charge in [-0.3, -0.25) is 14.5 Å². The van der Waals surface area contributed by atoms with E-state index in [1.54, 1.807) is 49.4 Å². The summed E-state index contributed by atoms with van der Waals surface area (Å²) in [6.07, 6.45) is 0. The molecule has 2 aromatic carbocycles. The lowest BCUT2D eigenvalue weighted by Crippen LogP contribution is -2.29. The monoisotopic (exact) mass is 508 g/mol. The van der Waals surface area contributed by atoms with Crippen LogP contribution < -0.4 is 14.4 Å². The van der Waals surface area contributed by atoms with Crippen molar-refractivity contribution in [2.75, 3.05) is 26.2 Å². The maximum absolute atomic E-state index is 13.4. The van der Waals surface area contributed by atoms with E-state index in [1.807, 2.05) is 6.92 Å². The highest BCUT2D eigenvalue weighted by molar-refractivity contribution is 7.17. The molecule has 2 heterocycles. The van der Waals surface area contributed by atoms with E-state index in [0.717, 1.165) is 16.9 Å². The quantitative estimate of drug-likeness (QED) is 0.228. The largest absolute Gasteiger partial charge is 0.507 e. The molecule has 1 fully saturated rings. The third-order valence-electron chi connectivity index (χ3n) is 5.85. The average Bonchev–Trinajstić information content (AvgIpc) is 3.39. The molecular formula is C26H24N2O7S. The van der Waals surface area contributed by atoms with Gasteiger partial charge in [-0.05, 0) is 31.5 Å². The summed E-state index contributed by atoms with van der Waals surface area (Å²) in [6.45, 7) is 3.51. The number of aromatic nitrogens is 1. The Labute approximate surface area is 211 Å². The highest BCUT2D eigenvalue weighted by atomic mass is 32.1. The van der Waals surface area contributed by atoms with Crippen molar-refractivity contribution in [3.05, 3.63) is 75.3 Å². The molecule has 10 heteroatoms. The van der Waals surface area contributed by atoms with Crippen molar-refractivity contribution in [2.45, 2.75) is 19.9 Å². The van der Waals surface area contributed by atoms with E-state index < -0.39 is 23.7 Å². The summed E-state index contributed by atoms with van der Waals surface area (Å²) in [4.78, 5) is 44.7. The number of aryl methyl sites for hydroxylation is 2. The number of esters is 1. The maximum Gasteiger partial charge on any atom is 0.350 e. The number of hydrogen-bond donors (Lipinski definition) is 1. The molecule has 0 saturated carbocycles. The van der Waals surface area contributed by atoms with Gasteiger partial charge in [0.25, 0.3) is 5.78 Å². The van der Waals surface area contributed by atoms with E-state index in [2.05, 4.69) is 4.98 Å². The van der Waals surface area contributed by atoms with Crippen molar-refractivity contribution in [1.82, 2.24) is 4.98 Å². The van der Waals surface area contributed by atoms with Gasteiger partial charge >= 0.3 is 11.9 Å². The van der Waals surface area contributed by atoms with Crippen LogP contribution in [0.25, 0.3) is 5.76 Å². The first-order valence-electron chi connectivity index (χ1n) is 10.9. The SMILES string of the molecule is COC(=O)c1sc(N2C(=O)C(=O)C(=C(O)c3ccc(C)cc3)[C@H]2c2ccc(OC)c(OC)c2)nc1C. The lowest BCUT2D eigenvalue weighted by atomic mass is 9.95. The number of nitrogens with zero attached hydrogens (tertiary/aromatic N) is 2. The molecule has 1 N–H and O–H groups in total. The summed E-state index contributed by atoms with van der Waals surface area (Å²) in [7, 11) is 4.21. The second-order valence-electron chi connectivity index (χ2n) is 8.05. The standard InChI is InChI=1S/C26H24N2O7S/c1-13-6-8-15(9-7-13)21(29)19-20(16-10-11-17(33-3)18(12-16)34-4)28(24(31)22(19)30)26-27-14(2)23(36-26)25(32)35-5/h6-12,20,29H,1-5H3/t20-/m1/s1. The van der Waals surface area contributed by atoms with Gasteiger partial charge in [-0.1, -0.05) is 47.2 Å². The van der Waals surface area contributed by atoms with Crippen LogP contribution in [0, 0.1) is 13.8 Å². The lowest BCUT2D eigenvalue weighted by molar-refractivity contribution is -0.132. The van der Waals surface area contributed by atoms with Crippen molar-refractivity contribution in [3.8, 4) is 11.5 Å². The Morgan fingerprint density at radius 3 is 2.28 bits per heavy atom. The smallest absolute Gasteiger partial charge is 0.350 e. The van der Waals surface area contributed by atoms with Gasteiger partial charge in [0.15, 0.2) is 16.6 Å². The zero-order chi connectivity index (χ0) is 26.1. The molecule has 186 valence electrons. The second kappa shape index (κ2) is 9.82. The van der Waals surface area contributed by atoms with E-state index >= 15 is 0 Å². The van der Waals surface area contributed by atoms with Gasteiger partial charge in [-0.25, -0.2) is 9.78 Å². The predicted octanol–water partition coefficient (Wildman–Crippen LogP) is 4.19. The number of carbonyl (C=O) groups excluding carboxylic acids is 3. The number of ketones is 1. The molecule has 1 atom stereocenters. The average molecular weight is 509 g/mol. The van der Waals surface area contributed by atoms with Gasteiger partial charge in [0.1, 0.15) is 10.6 Å². The zero-order valence-corrected chi connectivity index (χ0v) is 21.1. The Morgan fingerprint density at radius 1 is 1.00 bits per heavy atom. The molecule has 1 saturated heterocycles. The van der Waals surface area contributed by atoms with Crippen LogP contribution in [0.4, 0.5) is 5.13 Å². The summed E-state index contributed by atoms with van der Waals surface area (Å²) in [5.41, 5.74) is 2.08. The summed E-state index contributed by atoms with van der Waals surface area (Å²) in [5.74, 6) is -1.85. The Balaban J connectivity index is 1.96. The first kappa shape index (κ1) is 24.9. The van der Waals surface area contributed by atoms with Crippen LogP contribution in [0.15, 0.2) is 48.0 Å². The van der Waals surface area contributed by atoms with Gasteiger partial charge in [-0.2, -0.15) is 0 Å². The number of benzene rings is 2. The first-order valence-corrected chi connectivity index (χ1v) is 11.7. The van der Waals surface area contributed by atoms with Gasteiger partial charge in [0.05, 0.1) is 38.6 Å². The maximum atomic E-state index is 13.4. The summed E-state index contributed by atoms with van der Waals surface area (Å²) in [6, 6.07) is 10.8. The fraction of sp³-hybridized carbons (Fsp3) is 0.231. The van der Waals surface area contributed by atoms with Crippen molar-refractivity contribution in [3.63, 3.8) is 0 Å². The minimum Gasteiger partial charge on any atom is -0.507 e. The minimum absolute atomic E-state index is 0.108. The number of hydrogen-bond acceptors (Lipinski definition) is 9. The normalized spacial score (nSPS) is 16.8. The topological polar surface area (TPSA) is 115 Å². The van der Waals surface area contributed by atoms with Gasteiger partial charge < -0.3 is 19.3 Å². The second-order valence-corrected chi connectivity index (χ2v) is 9.03. The predicted molar refractivity (Wildman–Crippen MR) is 134 cm³/mol. The van der Waals surface area contributed by atoms with E-state index in [1.165, 1.54) is 26.2 Å². The molecule has 1 amide bonds. The minimum atomic E-state index is -1.04. The van der Waals surface area contributed by atoms with Crippen LogP contribution in [0.3, 0.4) is 0 Å². The van der Waals surface area contributed by atoms with Gasteiger partial charge in [0, 0.05) is 5.56 Å². The Kier molecular flexibility index (Phi) is 6.80. The third-order valence-corrected chi connectivity index (χ3v) is 6.99.